The maximum Gasteiger partial charge on any atom is 0.282 e. The van der Waals surface area contributed by atoms with E-state index >= 15 is 0 Å². The van der Waals surface area contributed by atoms with Crippen LogP contribution in [0.15, 0.2) is 41.3 Å². The molecule has 0 heterocycles. The van der Waals surface area contributed by atoms with Crippen LogP contribution in [0.4, 0.5) is 17.1 Å². The molecule has 0 saturated carbocycles. The van der Waals surface area contributed by atoms with E-state index in [4.69, 9.17) is 11.6 Å². The number of nitro benzene ring substituents is 1. The van der Waals surface area contributed by atoms with Crippen LogP contribution in [0.5, 0.6) is 0 Å². The normalized spacial score (nSPS) is 10.2. The zero-order chi connectivity index (χ0) is 18.6. The molecule has 0 radical (unpaired) electrons. The number of rotatable bonds is 5. The topological polar surface area (TPSA) is 101 Å². The van der Waals surface area contributed by atoms with Crippen LogP contribution in [0.1, 0.15) is 17.3 Å². The van der Waals surface area contributed by atoms with E-state index in [1.54, 1.807) is 18.4 Å². The summed E-state index contributed by atoms with van der Waals surface area (Å²) >= 11 is 7.42. The highest BCUT2D eigenvalue weighted by Crippen LogP contribution is 2.29. The molecule has 0 aromatic heterocycles. The number of thioether (sulfide) groups is 1. The van der Waals surface area contributed by atoms with E-state index < -0.39 is 10.8 Å². The maximum absolute atomic E-state index is 12.5. The molecule has 0 unspecified atom stereocenters. The van der Waals surface area contributed by atoms with Gasteiger partial charge in [0.1, 0.15) is 5.56 Å². The zero-order valence-corrected chi connectivity index (χ0v) is 14.9. The van der Waals surface area contributed by atoms with Gasteiger partial charge in [0, 0.05) is 23.6 Å². The number of carbonyl (C=O) groups excluding carboxylic acids is 2. The van der Waals surface area contributed by atoms with E-state index in [9.17, 15) is 19.7 Å². The molecule has 0 fully saturated rings. The van der Waals surface area contributed by atoms with E-state index in [1.165, 1.54) is 43.0 Å². The summed E-state index contributed by atoms with van der Waals surface area (Å²) in [5, 5.41) is 16.5. The van der Waals surface area contributed by atoms with Crippen molar-refractivity contribution in [3.63, 3.8) is 0 Å². The number of hydrogen-bond donors (Lipinski definition) is 2. The summed E-state index contributed by atoms with van der Waals surface area (Å²) in [6.45, 7) is 1.35. The van der Waals surface area contributed by atoms with Crippen molar-refractivity contribution in [2.24, 2.45) is 0 Å². The minimum Gasteiger partial charge on any atom is -0.326 e. The van der Waals surface area contributed by atoms with Crippen LogP contribution in [0.2, 0.25) is 5.02 Å². The fraction of sp³-hybridized carbons (Fsp3) is 0.125. The van der Waals surface area contributed by atoms with Gasteiger partial charge in [-0.15, -0.1) is 11.8 Å². The lowest BCUT2D eigenvalue weighted by atomic mass is 10.1. The van der Waals surface area contributed by atoms with Crippen molar-refractivity contribution in [3.05, 3.63) is 57.1 Å². The third-order valence-corrected chi connectivity index (χ3v) is 4.23. The number of nitrogens with one attached hydrogen (secondary N) is 2. The first kappa shape index (κ1) is 18.8. The minimum absolute atomic E-state index is 0.0714. The summed E-state index contributed by atoms with van der Waals surface area (Å²) in [6, 6.07) is 8.88. The molecule has 0 spiro atoms. The molecular formula is C16H14ClN3O4S. The molecule has 0 aliphatic carbocycles. The van der Waals surface area contributed by atoms with Crippen LogP contribution >= 0.6 is 23.4 Å². The Kier molecular flexibility index (Phi) is 6.00. The third kappa shape index (κ3) is 4.71. The van der Waals surface area contributed by atoms with Crippen molar-refractivity contribution in [1.82, 2.24) is 0 Å². The first-order valence-electron chi connectivity index (χ1n) is 7.02. The van der Waals surface area contributed by atoms with Gasteiger partial charge in [0.2, 0.25) is 5.91 Å². The first-order valence-corrected chi connectivity index (χ1v) is 8.63. The second-order valence-electron chi connectivity index (χ2n) is 4.97. The highest BCUT2D eigenvalue weighted by Gasteiger charge is 2.21. The molecule has 2 rings (SSSR count). The Morgan fingerprint density at radius 1 is 1.16 bits per heavy atom. The summed E-state index contributed by atoms with van der Waals surface area (Å²) in [6.07, 6.45) is 1.80. The van der Waals surface area contributed by atoms with Crippen molar-refractivity contribution in [1.29, 1.82) is 0 Å². The second kappa shape index (κ2) is 8.00. The van der Waals surface area contributed by atoms with Crippen molar-refractivity contribution >= 4 is 52.2 Å². The SMILES string of the molecule is CSc1ccc([N+](=O)[O-])c(C(=O)Nc2cc(NC(C)=O)ccc2Cl)c1. The number of hydrogen-bond acceptors (Lipinski definition) is 5. The van der Waals surface area contributed by atoms with Gasteiger partial charge >= 0.3 is 0 Å². The standard InChI is InChI=1S/C16H14ClN3O4S/c1-9(21)18-10-3-5-13(17)14(7-10)19-16(22)12-8-11(25-2)4-6-15(12)20(23)24/h3-8H,1-2H3,(H,18,21)(H,19,22). The summed E-state index contributed by atoms with van der Waals surface area (Å²) in [7, 11) is 0. The molecule has 2 aromatic rings. The lowest BCUT2D eigenvalue weighted by molar-refractivity contribution is -0.385. The monoisotopic (exact) mass is 379 g/mol. The summed E-state index contributed by atoms with van der Waals surface area (Å²) in [5.41, 5.74) is 0.309. The van der Waals surface area contributed by atoms with Crippen molar-refractivity contribution in [2.45, 2.75) is 11.8 Å². The smallest absolute Gasteiger partial charge is 0.282 e. The van der Waals surface area contributed by atoms with Crippen molar-refractivity contribution in [3.8, 4) is 0 Å². The number of anilines is 2. The second-order valence-corrected chi connectivity index (χ2v) is 6.26. The van der Waals surface area contributed by atoms with Gasteiger partial charge in [0.25, 0.3) is 11.6 Å². The summed E-state index contributed by atoms with van der Waals surface area (Å²) in [5.74, 6) is -0.938. The lowest BCUT2D eigenvalue weighted by Gasteiger charge is -2.11. The molecule has 9 heteroatoms. The number of amides is 2. The van der Waals surface area contributed by atoms with E-state index in [1.807, 2.05) is 0 Å². The molecule has 2 N–H and O–H groups in total. The predicted octanol–water partition coefficient (Wildman–Crippen LogP) is 4.18. The van der Waals surface area contributed by atoms with Crippen molar-refractivity contribution < 1.29 is 14.5 Å². The zero-order valence-electron chi connectivity index (χ0n) is 13.3. The number of benzene rings is 2. The Morgan fingerprint density at radius 2 is 1.88 bits per heavy atom. The molecule has 7 nitrogen and oxygen atoms in total. The minimum atomic E-state index is -0.663. The lowest BCUT2D eigenvalue weighted by Crippen LogP contribution is -2.15. The van der Waals surface area contributed by atoms with Crippen LogP contribution in [-0.4, -0.2) is 23.0 Å². The average Bonchev–Trinajstić information content (AvgIpc) is 2.56. The molecule has 0 aliphatic rings. The largest absolute Gasteiger partial charge is 0.326 e. The molecular weight excluding hydrogens is 366 g/mol. The van der Waals surface area contributed by atoms with Gasteiger partial charge in [0.05, 0.1) is 15.6 Å². The van der Waals surface area contributed by atoms with Gasteiger partial charge in [-0.1, -0.05) is 11.6 Å². The van der Waals surface area contributed by atoms with Gasteiger partial charge in [-0.05, 0) is 36.6 Å². The number of nitrogens with zero attached hydrogens (tertiary/aromatic N) is 1. The number of carbonyl (C=O) groups is 2. The predicted molar refractivity (Wildman–Crippen MR) is 98.6 cm³/mol. The van der Waals surface area contributed by atoms with E-state index in [0.717, 1.165) is 0 Å². The van der Waals surface area contributed by atoms with Gasteiger partial charge in [-0.3, -0.25) is 19.7 Å². The van der Waals surface area contributed by atoms with Crippen LogP contribution in [0.25, 0.3) is 0 Å². The highest BCUT2D eigenvalue weighted by atomic mass is 35.5. The van der Waals surface area contributed by atoms with Gasteiger partial charge in [-0.25, -0.2) is 0 Å². The Hall–Kier alpha value is -2.58. The molecule has 2 amide bonds. The molecule has 2 aromatic carbocycles. The van der Waals surface area contributed by atoms with Crippen LogP contribution < -0.4 is 10.6 Å². The van der Waals surface area contributed by atoms with Crippen LogP contribution in [0.3, 0.4) is 0 Å². The van der Waals surface area contributed by atoms with E-state index in [0.29, 0.717) is 10.6 Å². The molecule has 0 aliphatic heterocycles. The first-order chi connectivity index (χ1) is 11.8. The van der Waals surface area contributed by atoms with Gasteiger partial charge < -0.3 is 10.6 Å². The summed E-state index contributed by atoms with van der Waals surface area (Å²) in [4.78, 5) is 34.9. The van der Waals surface area contributed by atoms with E-state index in [-0.39, 0.29) is 27.9 Å². The van der Waals surface area contributed by atoms with Crippen molar-refractivity contribution in [2.75, 3.05) is 16.9 Å². The Balaban J connectivity index is 2.36. The highest BCUT2D eigenvalue weighted by molar-refractivity contribution is 7.98. The van der Waals surface area contributed by atoms with Gasteiger partial charge in [0.15, 0.2) is 0 Å². The van der Waals surface area contributed by atoms with Gasteiger partial charge in [-0.2, -0.15) is 0 Å². The summed E-state index contributed by atoms with van der Waals surface area (Å²) < 4.78 is 0. The Bertz CT molecular complexity index is 857. The molecule has 25 heavy (non-hydrogen) atoms. The molecule has 0 bridgehead atoms. The van der Waals surface area contributed by atoms with E-state index in [2.05, 4.69) is 10.6 Å². The molecule has 0 atom stereocenters. The number of nitro groups is 1. The Labute approximate surface area is 152 Å². The average molecular weight is 380 g/mol. The number of halogens is 1. The van der Waals surface area contributed by atoms with Crippen LogP contribution in [-0.2, 0) is 4.79 Å². The molecule has 130 valence electrons. The maximum atomic E-state index is 12.5. The quantitative estimate of drug-likeness (QED) is 0.461. The Morgan fingerprint density at radius 3 is 2.48 bits per heavy atom. The molecule has 0 saturated heterocycles. The third-order valence-electron chi connectivity index (χ3n) is 3.18. The fourth-order valence-corrected chi connectivity index (χ4v) is 2.68. The van der Waals surface area contributed by atoms with Crippen LogP contribution in [0, 0.1) is 10.1 Å². The fourth-order valence-electron chi connectivity index (χ4n) is 2.07.